The maximum Gasteiger partial charge on any atom is 0.191 e. The van der Waals surface area contributed by atoms with E-state index in [0.717, 1.165) is 25.6 Å². The molecule has 0 amide bonds. The van der Waals surface area contributed by atoms with Crippen molar-refractivity contribution in [2.75, 3.05) is 33.7 Å². The number of likely N-dealkylation sites (N-methyl/N-ethyl adjacent to an activating group) is 1. The van der Waals surface area contributed by atoms with Gasteiger partial charge in [-0.3, -0.25) is 4.99 Å². The Balaban J connectivity index is 0.00000484. The largest absolute Gasteiger partial charge is 0.356 e. The van der Waals surface area contributed by atoms with Crippen molar-refractivity contribution in [2.45, 2.75) is 39.7 Å². The molecule has 0 bridgehead atoms. The third-order valence-electron chi connectivity index (χ3n) is 4.05. The van der Waals surface area contributed by atoms with Crippen LogP contribution in [-0.2, 0) is 0 Å². The summed E-state index contributed by atoms with van der Waals surface area (Å²) in [5.74, 6) is 1.33. The lowest BCUT2D eigenvalue weighted by atomic mass is 9.99. The number of nitrogens with zero attached hydrogens (tertiary/aromatic N) is 2. The van der Waals surface area contributed by atoms with Crippen LogP contribution in [0, 0.1) is 6.92 Å². The molecule has 1 aromatic rings. The molecule has 0 aliphatic carbocycles. The minimum Gasteiger partial charge on any atom is -0.356 e. The number of aryl methyl sites for hydroxylation is 1. The van der Waals surface area contributed by atoms with Crippen molar-refractivity contribution in [1.29, 1.82) is 0 Å². The smallest absolute Gasteiger partial charge is 0.191 e. The van der Waals surface area contributed by atoms with Crippen LogP contribution in [0.2, 0.25) is 0 Å². The topological polar surface area (TPSA) is 39.7 Å². The maximum atomic E-state index is 4.29. The average molecular weight is 432 g/mol. The van der Waals surface area contributed by atoms with Crippen molar-refractivity contribution in [3.63, 3.8) is 0 Å². The van der Waals surface area contributed by atoms with Gasteiger partial charge in [-0.2, -0.15) is 0 Å². The van der Waals surface area contributed by atoms with Crippen LogP contribution >= 0.6 is 24.0 Å². The number of hydrogen-bond acceptors (Lipinski definition) is 2. The van der Waals surface area contributed by atoms with Crippen molar-refractivity contribution in [2.24, 2.45) is 4.99 Å². The molecule has 0 spiro atoms. The molecule has 1 aromatic carbocycles. The molecule has 132 valence electrons. The molecule has 5 heteroatoms. The van der Waals surface area contributed by atoms with Crippen molar-refractivity contribution in [3.05, 3.63) is 35.4 Å². The third-order valence-corrected chi connectivity index (χ3v) is 4.05. The molecule has 0 aromatic heterocycles. The van der Waals surface area contributed by atoms with E-state index >= 15 is 0 Å². The van der Waals surface area contributed by atoms with Gasteiger partial charge in [0, 0.05) is 32.7 Å². The van der Waals surface area contributed by atoms with Crippen LogP contribution in [0.3, 0.4) is 0 Å². The molecule has 0 aliphatic rings. The van der Waals surface area contributed by atoms with Crippen molar-refractivity contribution in [1.82, 2.24) is 15.5 Å². The van der Waals surface area contributed by atoms with Crippen LogP contribution in [0.1, 0.15) is 37.8 Å². The summed E-state index contributed by atoms with van der Waals surface area (Å²) in [6.45, 7) is 11.6. The molecule has 23 heavy (non-hydrogen) atoms. The highest BCUT2D eigenvalue weighted by molar-refractivity contribution is 14.0. The molecule has 0 saturated carbocycles. The summed E-state index contributed by atoms with van der Waals surface area (Å²) < 4.78 is 0. The fourth-order valence-corrected chi connectivity index (χ4v) is 2.17. The predicted octanol–water partition coefficient (Wildman–Crippen LogP) is 3.22. The minimum atomic E-state index is 0. The van der Waals surface area contributed by atoms with Gasteiger partial charge in [0.2, 0.25) is 0 Å². The quantitative estimate of drug-likeness (QED) is 0.395. The Morgan fingerprint density at radius 1 is 1.22 bits per heavy atom. The number of aliphatic imine (C=N–C) groups is 1. The Kier molecular flexibility index (Phi) is 11.3. The second-order valence-corrected chi connectivity index (χ2v) is 6.27. The van der Waals surface area contributed by atoms with Gasteiger partial charge < -0.3 is 15.5 Å². The zero-order valence-electron chi connectivity index (χ0n) is 15.4. The van der Waals surface area contributed by atoms with E-state index < -0.39 is 0 Å². The Bertz CT molecular complexity index is 474. The van der Waals surface area contributed by atoms with Crippen LogP contribution in [-0.4, -0.2) is 50.6 Å². The molecule has 0 heterocycles. The molecular formula is C18H33IN4. The van der Waals surface area contributed by atoms with E-state index in [1.165, 1.54) is 11.1 Å². The van der Waals surface area contributed by atoms with E-state index in [-0.39, 0.29) is 24.0 Å². The normalized spacial score (nSPS) is 13.0. The second-order valence-electron chi connectivity index (χ2n) is 6.27. The van der Waals surface area contributed by atoms with E-state index in [2.05, 4.69) is 79.5 Å². The summed E-state index contributed by atoms with van der Waals surface area (Å²) in [6, 6.07) is 9.26. The predicted molar refractivity (Wildman–Crippen MR) is 112 cm³/mol. The zero-order valence-corrected chi connectivity index (χ0v) is 17.7. The van der Waals surface area contributed by atoms with Gasteiger partial charge in [0.15, 0.2) is 5.96 Å². The molecule has 1 unspecified atom stereocenters. The summed E-state index contributed by atoms with van der Waals surface area (Å²) in [6.07, 6.45) is 0. The summed E-state index contributed by atoms with van der Waals surface area (Å²) in [4.78, 5) is 6.60. The number of guanidine groups is 1. The van der Waals surface area contributed by atoms with Crippen LogP contribution in [0.15, 0.2) is 29.3 Å². The second kappa shape index (κ2) is 11.7. The van der Waals surface area contributed by atoms with Gasteiger partial charge in [0.25, 0.3) is 0 Å². The Morgan fingerprint density at radius 3 is 2.48 bits per heavy atom. The van der Waals surface area contributed by atoms with Crippen LogP contribution in [0.4, 0.5) is 0 Å². The first-order valence-electron chi connectivity index (χ1n) is 8.15. The monoisotopic (exact) mass is 432 g/mol. The first-order valence-corrected chi connectivity index (χ1v) is 8.15. The molecule has 0 aliphatic heterocycles. The van der Waals surface area contributed by atoms with E-state index in [4.69, 9.17) is 0 Å². The highest BCUT2D eigenvalue weighted by Gasteiger charge is 2.07. The lowest BCUT2D eigenvalue weighted by Gasteiger charge is -2.22. The SMILES string of the molecule is CN=C(NCCN(C)C(C)C)NCC(C)c1cccc(C)c1.I. The Hall–Kier alpha value is -0.820. The van der Waals surface area contributed by atoms with Crippen LogP contribution in [0.5, 0.6) is 0 Å². The molecule has 1 atom stereocenters. The van der Waals surface area contributed by atoms with Gasteiger partial charge in [-0.05, 0) is 39.3 Å². The maximum absolute atomic E-state index is 4.29. The lowest BCUT2D eigenvalue weighted by molar-refractivity contribution is 0.278. The van der Waals surface area contributed by atoms with E-state index in [9.17, 15) is 0 Å². The van der Waals surface area contributed by atoms with Gasteiger partial charge >= 0.3 is 0 Å². The standard InChI is InChI=1S/C18H32N4.HI/c1-14(2)22(6)11-10-20-18(19-5)21-13-16(4)17-9-7-8-15(3)12-17;/h7-9,12,14,16H,10-11,13H2,1-6H3,(H2,19,20,21);1H. The first-order chi connectivity index (χ1) is 10.4. The van der Waals surface area contributed by atoms with Gasteiger partial charge in [0.1, 0.15) is 0 Å². The fraction of sp³-hybridized carbons (Fsp3) is 0.611. The summed E-state index contributed by atoms with van der Waals surface area (Å²) in [5.41, 5.74) is 2.67. The van der Waals surface area contributed by atoms with E-state index in [1.54, 1.807) is 0 Å². The van der Waals surface area contributed by atoms with E-state index in [1.807, 2.05) is 7.05 Å². The van der Waals surface area contributed by atoms with Crippen molar-refractivity contribution in [3.8, 4) is 0 Å². The van der Waals surface area contributed by atoms with E-state index in [0.29, 0.717) is 12.0 Å². The number of rotatable bonds is 7. The molecule has 0 saturated heterocycles. The minimum absolute atomic E-state index is 0. The summed E-state index contributed by atoms with van der Waals surface area (Å²) in [7, 11) is 3.96. The Morgan fingerprint density at radius 2 is 1.91 bits per heavy atom. The first kappa shape index (κ1) is 22.2. The summed E-state index contributed by atoms with van der Waals surface area (Å²) in [5, 5.41) is 6.78. The van der Waals surface area contributed by atoms with Gasteiger partial charge in [-0.1, -0.05) is 36.8 Å². The number of hydrogen-bond donors (Lipinski definition) is 2. The van der Waals surface area contributed by atoms with Gasteiger partial charge in [-0.15, -0.1) is 24.0 Å². The van der Waals surface area contributed by atoms with Gasteiger partial charge in [-0.25, -0.2) is 0 Å². The van der Waals surface area contributed by atoms with Crippen molar-refractivity contribution >= 4 is 29.9 Å². The molecule has 1 rings (SSSR count). The molecule has 0 radical (unpaired) electrons. The molecule has 2 N–H and O–H groups in total. The van der Waals surface area contributed by atoms with Crippen LogP contribution in [0.25, 0.3) is 0 Å². The fourth-order valence-electron chi connectivity index (χ4n) is 2.17. The van der Waals surface area contributed by atoms with Gasteiger partial charge in [0.05, 0.1) is 0 Å². The van der Waals surface area contributed by atoms with Crippen molar-refractivity contribution < 1.29 is 0 Å². The summed E-state index contributed by atoms with van der Waals surface area (Å²) >= 11 is 0. The number of nitrogens with one attached hydrogen (secondary N) is 2. The Labute approximate surface area is 159 Å². The molecular weight excluding hydrogens is 399 g/mol. The molecule has 0 fully saturated rings. The number of benzene rings is 1. The van der Waals surface area contributed by atoms with Crippen LogP contribution < -0.4 is 10.6 Å². The highest BCUT2D eigenvalue weighted by atomic mass is 127. The lowest BCUT2D eigenvalue weighted by Crippen LogP contribution is -2.43. The highest BCUT2D eigenvalue weighted by Crippen LogP contribution is 2.15. The third kappa shape index (κ3) is 8.55. The molecule has 4 nitrogen and oxygen atoms in total. The zero-order chi connectivity index (χ0) is 16.5. The average Bonchev–Trinajstić information content (AvgIpc) is 2.49. The number of halogens is 1.